The molecule has 1 saturated carbocycles. The lowest BCUT2D eigenvalue weighted by molar-refractivity contribution is -0.154. The number of carbonyl (C=O) groups is 4. The smallest absolute Gasteiger partial charge is 0.326 e. The van der Waals surface area contributed by atoms with E-state index in [1.807, 2.05) is 6.92 Å². The molecule has 3 rings (SSSR count). The van der Waals surface area contributed by atoms with Gasteiger partial charge in [0.25, 0.3) is 5.91 Å². The third kappa shape index (κ3) is 3.72. The predicted molar refractivity (Wildman–Crippen MR) is 94.4 cm³/mol. The highest BCUT2D eigenvalue weighted by Gasteiger charge is 2.48. The lowest BCUT2D eigenvalue weighted by Gasteiger charge is -2.19. The Morgan fingerprint density at radius 1 is 1.15 bits per heavy atom. The Bertz CT molecular complexity index is 776. The molecule has 9 heteroatoms. The van der Waals surface area contributed by atoms with Gasteiger partial charge in [0.15, 0.2) is 6.61 Å². The van der Waals surface area contributed by atoms with Crippen LogP contribution in [-0.4, -0.2) is 51.5 Å². The minimum Gasteiger partial charge on any atom is -0.454 e. The number of likely N-dealkylation sites (tertiary alicyclic amines) is 1. The largest absolute Gasteiger partial charge is 0.454 e. The van der Waals surface area contributed by atoms with Gasteiger partial charge < -0.3 is 10.1 Å². The molecule has 9 nitrogen and oxygen atoms in total. The fourth-order valence-corrected chi connectivity index (χ4v) is 3.84. The summed E-state index contributed by atoms with van der Waals surface area (Å²) in [4.78, 5) is 49.7. The van der Waals surface area contributed by atoms with Crippen molar-refractivity contribution in [3.8, 4) is 0 Å². The summed E-state index contributed by atoms with van der Waals surface area (Å²) < 4.78 is 6.59. The summed E-state index contributed by atoms with van der Waals surface area (Å²) in [5.41, 5.74) is 2.01. The number of amides is 3. The van der Waals surface area contributed by atoms with E-state index in [0.29, 0.717) is 24.2 Å². The second kappa shape index (κ2) is 7.50. The van der Waals surface area contributed by atoms with E-state index in [4.69, 9.17) is 4.74 Å². The minimum atomic E-state index is -0.773. The molecule has 2 heterocycles. The van der Waals surface area contributed by atoms with E-state index in [-0.39, 0.29) is 23.7 Å². The van der Waals surface area contributed by atoms with Crippen LogP contribution in [0.5, 0.6) is 0 Å². The molecule has 1 N–H and O–H groups in total. The van der Waals surface area contributed by atoms with Gasteiger partial charge in [0.1, 0.15) is 6.54 Å². The second-order valence-electron chi connectivity index (χ2n) is 7.14. The van der Waals surface area contributed by atoms with Crippen LogP contribution in [-0.2, 0) is 31.0 Å². The Kier molecular flexibility index (Phi) is 5.29. The van der Waals surface area contributed by atoms with E-state index in [1.165, 1.54) is 0 Å². The number of anilines is 1. The number of ether oxygens (including phenoxy) is 1. The molecule has 0 radical (unpaired) electrons. The Morgan fingerprint density at radius 2 is 1.74 bits per heavy atom. The van der Waals surface area contributed by atoms with Crippen LogP contribution in [0.4, 0.5) is 5.69 Å². The number of esters is 1. The van der Waals surface area contributed by atoms with Crippen molar-refractivity contribution in [2.24, 2.45) is 18.9 Å². The third-order valence-electron chi connectivity index (χ3n) is 5.36. The van der Waals surface area contributed by atoms with Crippen LogP contribution in [0.25, 0.3) is 0 Å². The summed E-state index contributed by atoms with van der Waals surface area (Å²) in [6, 6.07) is 0. The molecule has 2 fully saturated rings. The average molecular weight is 376 g/mol. The van der Waals surface area contributed by atoms with E-state index < -0.39 is 25.0 Å². The zero-order chi connectivity index (χ0) is 19.7. The van der Waals surface area contributed by atoms with Gasteiger partial charge in [-0.15, -0.1) is 0 Å². The molecular formula is C18H24N4O5. The molecule has 2 aliphatic rings. The summed E-state index contributed by atoms with van der Waals surface area (Å²) in [7, 11) is 1.76. The standard InChI is InChI=1S/C18H24N4O5/c1-10-16(11(2)21(3)20-10)19-14(23)9-27-15(24)8-22-17(25)12-6-4-5-7-13(12)18(22)26/h12-13H,4-9H2,1-3H3,(H,19,23)/t12-,13-/m1/s1. The van der Waals surface area contributed by atoms with Gasteiger partial charge in [-0.1, -0.05) is 12.8 Å². The van der Waals surface area contributed by atoms with Gasteiger partial charge in [-0.2, -0.15) is 5.10 Å². The average Bonchev–Trinajstić information content (AvgIpc) is 3.02. The number of hydrogen-bond donors (Lipinski definition) is 1. The van der Waals surface area contributed by atoms with E-state index in [0.717, 1.165) is 23.4 Å². The maximum atomic E-state index is 12.4. The molecule has 1 saturated heterocycles. The number of imide groups is 1. The highest BCUT2D eigenvalue weighted by molar-refractivity contribution is 6.07. The van der Waals surface area contributed by atoms with E-state index in [2.05, 4.69) is 10.4 Å². The topological polar surface area (TPSA) is 111 Å². The van der Waals surface area contributed by atoms with E-state index >= 15 is 0 Å². The van der Waals surface area contributed by atoms with Gasteiger partial charge in [0, 0.05) is 7.05 Å². The number of nitrogens with zero attached hydrogens (tertiary/aromatic N) is 3. The monoisotopic (exact) mass is 376 g/mol. The van der Waals surface area contributed by atoms with Crippen molar-refractivity contribution in [3.05, 3.63) is 11.4 Å². The number of fused-ring (bicyclic) bond motifs is 1. The van der Waals surface area contributed by atoms with Crippen molar-refractivity contribution in [1.29, 1.82) is 0 Å². The van der Waals surface area contributed by atoms with E-state index in [9.17, 15) is 19.2 Å². The first-order valence-corrected chi connectivity index (χ1v) is 9.10. The molecule has 1 aliphatic heterocycles. The fraction of sp³-hybridized carbons (Fsp3) is 0.611. The number of rotatable bonds is 5. The van der Waals surface area contributed by atoms with E-state index in [1.54, 1.807) is 18.7 Å². The van der Waals surface area contributed by atoms with Crippen LogP contribution in [0, 0.1) is 25.7 Å². The normalized spacial score (nSPS) is 22.0. The van der Waals surface area contributed by atoms with Gasteiger partial charge in [0.05, 0.1) is 28.9 Å². The van der Waals surface area contributed by atoms with Gasteiger partial charge in [0.2, 0.25) is 11.8 Å². The zero-order valence-electron chi connectivity index (χ0n) is 15.8. The Hall–Kier alpha value is -2.71. The maximum absolute atomic E-state index is 12.4. The molecule has 1 aliphatic carbocycles. The van der Waals surface area contributed by atoms with Gasteiger partial charge in [-0.3, -0.25) is 28.8 Å². The minimum absolute atomic E-state index is 0.298. The Morgan fingerprint density at radius 3 is 2.26 bits per heavy atom. The SMILES string of the molecule is Cc1nn(C)c(C)c1NC(=O)COC(=O)CN1C(=O)[C@@H]2CCCC[C@H]2C1=O. The predicted octanol–water partition coefficient (Wildman–Crippen LogP) is 0.694. The molecule has 0 unspecified atom stereocenters. The summed E-state index contributed by atoms with van der Waals surface area (Å²) in [5, 5.41) is 6.85. The summed E-state index contributed by atoms with van der Waals surface area (Å²) in [5.74, 6) is -2.49. The molecule has 0 spiro atoms. The molecule has 0 bridgehead atoms. The van der Waals surface area contributed by atoms with Crippen molar-refractivity contribution in [2.45, 2.75) is 39.5 Å². The highest BCUT2D eigenvalue weighted by Crippen LogP contribution is 2.37. The van der Waals surface area contributed by atoms with Crippen molar-refractivity contribution in [2.75, 3.05) is 18.5 Å². The maximum Gasteiger partial charge on any atom is 0.326 e. The van der Waals surface area contributed by atoms with Crippen LogP contribution >= 0.6 is 0 Å². The zero-order valence-corrected chi connectivity index (χ0v) is 15.8. The quantitative estimate of drug-likeness (QED) is 0.598. The Labute approximate surface area is 157 Å². The van der Waals surface area contributed by atoms with Gasteiger partial charge >= 0.3 is 5.97 Å². The van der Waals surface area contributed by atoms with Crippen LogP contribution in [0.2, 0.25) is 0 Å². The molecule has 1 aromatic rings. The Balaban J connectivity index is 1.51. The van der Waals surface area contributed by atoms with Crippen LogP contribution < -0.4 is 5.32 Å². The molecule has 2 atom stereocenters. The number of nitrogens with one attached hydrogen (secondary N) is 1. The van der Waals surface area contributed by atoms with Gasteiger partial charge in [-0.25, -0.2) is 0 Å². The molecule has 27 heavy (non-hydrogen) atoms. The van der Waals surface area contributed by atoms with Crippen LogP contribution in [0.3, 0.4) is 0 Å². The molecule has 3 amide bonds. The first-order valence-electron chi connectivity index (χ1n) is 9.10. The third-order valence-corrected chi connectivity index (χ3v) is 5.36. The number of carbonyl (C=O) groups excluding carboxylic acids is 4. The lowest BCUT2D eigenvalue weighted by Crippen LogP contribution is -2.37. The number of aryl methyl sites for hydroxylation is 2. The molecular weight excluding hydrogens is 352 g/mol. The first-order chi connectivity index (χ1) is 12.8. The fourth-order valence-electron chi connectivity index (χ4n) is 3.84. The number of hydrogen-bond acceptors (Lipinski definition) is 6. The van der Waals surface area contributed by atoms with Crippen molar-refractivity contribution in [1.82, 2.24) is 14.7 Å². The summed E-state index contributed by atoms with van der Waals surface area (Å²) >= 11 is 0. The van der Waals surface area contributed by atoms with Gasteiger partial charge in [-0.05, 0) is 26.7 Å². The summed E-state index contributed by atoms with van der Waals surface area (Å²) in [6.07, 6.45) is 3.22. The van der Waals surface area contributed by atoms with Crippen LogP contribution in [0.1, 0.15) is 37.1 Å². The summed E-state index contributed by atoms with van der Waals surface area (Å²) in [6.45, 7) is 2.64. The van der Waals surface area contributed by atoms with Crippen molar-refractivity contribution < 1.29 is 23.9 Å². The van der Waals surface area contributed by atoms with Crippen LogP contribution in [0.15, 0.2) is 0 Å². The lowest BCUT2D eigenvalue weighted by atomic mass is 9.81. The van der Waals surface area contributed by atoms with Crippen molar-refractivity contribution >= 4 is 29.4 Å². The molecule has 146 valence electrons. The molecule has 0 aromatic carbocycles. The number of aromatic nitrogens is 2. The first kappa shape index (κ1) is 19.1. The second-order valence-corrected chi connectivity index (χ2v) is 7.14. The molecule has 1 aromatic heterocycles. The highest BCUT2D eigenvalue weighted by atomic mass is 16.5. The van der Waals surface area contributed by atoms with Crippen molar-refractivity contribution in [3.63, 3.8) is 0 Å².